The zero-order chi connectivity index (χ0) is 19.3. The molecule has 1 heterocycles. The van der Waals surface area contributed by atoms with E-state index in [1.165, 1.54) is 24.4 Å². The standard InChI is InChI=1S/C14H18F3N5O4/c1-3-20-19-21(13(24)22(20)12(23)18-7-8-25-2)10-5-4-6-11(9-10)26-14(15,16)17/h4-6,9,19H,3,7-8H2,1-2H3,(H,18,23). The van der Waals surface area contributed by atoms with E-state index < -0.39 is 24.2 Å². The molecule has 0 aliphatic carbocycles. The number of nitrogens with zero attached hydrogens (tertiary/aromatic N) is 3. The van der Waals surface area contributed by atoms with Gasteiger partial charge in [0.05, 0.1) is 12.3 Å². The highest BCUT2D eigenvalue weighted by Gasteiger charge is 2.40. The van der Waals surface area contributed by atoms with Crippen LogP contribution in [0.4, 0.5) is 28.4 Å². The molecule has 12 heteroatoms. The lowest BCUT2D eigenvalue weighted by atomic mass is 10.3. The van der Waals surface area contributed by atoms with Gasteiger partial charge < -0.3 is 14.8 Å². The van der Waals surface area contributed by atoms with Gasteiger partial charge in [-0.3, -0.25) is 0 Å². The van der Waals surface area contributed by atoms with Gasteiger partial charge >= 0.3 is 18.4 Å². The average molecular weight is 377 g/mol. The van der Waals surface area contributed by atoms with Crippen molar-refractivity contribution in [3.05, 3.63) is 24.3 Å². The molecule has 2 rings (SSSR count). The molecule has 1 aromatic rings. The minimum absolute atomic E-state index is 0.0717. The molecule has 0 unspecified atom stereocenters. The molecule has 9 nitrogen and oxygen atoms in total. The summed E-state index contributed by atoms with van der Waals surface area (Å²) in [6.45, 7) is 2.36. The number of imide groups is 1. The number of carbonyl (C=O) groups excluding carboxylic acids is 2. The first kappa shape index (κ1) is 19.8. The fourth-order valence-electron chi connectivity index (χ4n) is 2.13. The van der Waals surface area contributed by atoms with Gasteiger partial charge in [-0.1, -0.05) is 6.07 Å². The molecule has 0 radical (unpaired) electrons. The topological polar surface area (TPSA) is 86.4 Å². The molecule has 0 aromatic heterocycles. The normalized spacial score (nSPS) is 15.5. The van der Waals surface area contributed by atoms with Crippen LogP contribution in [0.15, 0.2) is 24.3 Å². The van der Waals surface area contributed by atoms with Gasteiger partial charge in [0.25, 0.3) is 0 Å². The summed E-state index contributed by atoms with van der Waals surface area (Å²) >= 11 is 0. The number of rotatable bonds is 6. The summed E-state index contributed by atoms with van der Waals surface area (Å²) in [4.78, 5) is 24.7. The molecule has 1 aliphatic rings. The summed E-state index contributed by atoms with van der Waals surface area (Å²) in [6, 6.07) is 3.33. The van der Waals surface area contributed by atoms with Gasteiger partial charge in [0.1, 0.15) is 5.75 Å². The summed E-state index contributed by atoms with van der Waals surface area (Å²) in [7, 11) is 1.46. The average Bonchev–Trinajstić information content (AvgIpc) is 2.90. The third-order valence-electron chi connectivity index (χ3n) is 3.21. The van der Waals surface area contributed by atoms with Crippen molar-refractivity contribution >= 4 is 17.7 Å². The highest BCUT2D eigenvalue weighted by molar-refractivity contribution is 6.02. The van der Waals surface area contributed by atoms with E-state index in [2.05, 4.69) is 15.6 Å². The van der Waals surface area contributed by atoms with Gasteiger partial charge in [-0.05, 0) is 19.1 Å². The Bertz CT molecular complexity index is 658. The zero-order valence-corrected chi connectivity index (χ0v) is 14.0. The summed E-state index contributed by atoms with van der Waals surface area (Å²) < 4.78 is 45.7. The van der Waals surface area contributed by atoms with Gasteiger partial charge in [-0.15, -0.1) is 23.8 Å². The van der Waals surface area contributed by atoms with Crippen molar-refractivity contribution in [2.24, 2.45) is 0 Å². The van der Waals surface area contributed by atoms with E-state index >= 15 is 0 Å². The Kier molecular flexibility index (Phi) is 6.23. The molecule has 26 heavy (non-hydrogen) atoms. The lowest BCUT2D eigenvalue weighted by Gasteiger charge is -2.21. The molecule has 0 saturated carbocycles. The Hall–Kier alpha value is -2.57. The van der Waals surface area contributed by atoms with E-state index in [1.54, 1.807) is 6.92 Å². The Labute approximate surface area is 147 Å². The lowest BCUT2D eigenvalue weighted by Crippen LogP contribution is -2.51. The van der Waals surface area contributed by atoms with Crippen LogP contribution in [0.5, 0.6) is 5.75 Å². The number of benzene rings is 1. The summed E-state index contributed by atoms with van der Waals surface area (Å²) in [6.07, 6.45) is -4.86. The number of anilines is 1. The second-order valence-corrected chi connectivity index (χ2v) is 5.02. The van der Waals surface area contributed by atoms with Gasteiger partial charge in [0.2, 0.25) is 0 Å². The molecule has 1 aromatic carbocycles. The number of methoxy groups -OCH3 is 1. The van der Waals surface area contributed by atoms with Crippen molar-refractivity contribution < 1.29 is 32.2 Å². The van der Waals surface area contributed by atoms with Crippen LogP contribution in [0, 0.1) is 0 Å². The Morgan fingerprint density at radius 2 is 2.08 bits per heavy atom. The van der Waals surface area contributed by atoms with Crippen molar-refractivity contribution in [3.8, 4) is 5.75 Å². The third-order valence-corrected chi connectivity index (χ3v) is 3.21. The Morgan fingerprint density at radius 1 is 1.35 bits per heavy atom. The van der Waals surface area contributed by atoms with E-state index in [0.717, 1.165) is 22.2 Å². The predicted molar refractivity (Wildman–Crippen MR) is 83.6 cm³/mol. The SMILES string of the molecule is CCN1NN(c2cccc(OC(F)(F)F)c2)C(=O)N1C(=O)NCCOC. The Balaban J connectivity index is 2.17. The van der Waals surface area contributed by atoms with Crippen molar-refractivity contribution in [2.45, 2.75) is 13.3 Å². The number of urea groups is 2. The highest BCUT2D eigenvalue weighted by atomic mass is 19.4. The van der Waals surface area contributed by atoms with Crippen LogP contribution in [0.1, 0.15) is 6.92 Å². The fourth-order valence-corrected chi connectivity index (χ4v) is 2.13. The van der Waals surface area contributed by atoms with Gasteiger partial charge in [0, 0.05) is 26.3 Å². The molecule has 1 fully saturated rings. The summed E-state index contributed by atoms with van der Waals surface area (Å²) in [5.74, 6) is -0.490. The molecule has 144 valence electrons. The van der Waals surface area contributed by atoms with Crippen LogP contribution >= 0.6 is 0 Å². The maximum absolute atomic E-state index is 12.5. The van der Waals surface area contributed by atoms with E-state index in [0.29, 0.717) is 0 Å². The first-order chi connectivity index (χ1) is 12.3. The number of amides is 4. The number of hydrogen-bond acceptors (Lipinski definition) is 6. The second-order valence-electron chi connectivity index (χ2n) is 5.02. The number of hydrazine groups is 3. The molecular weight excluding hydrogens is 359 g/mol. The third kappa shape index (κ3) is 4.74. The Morgan fingerprint density at radius 3 is 2.69 bits per heavy atom. The van der Waals surface area contributed by atoms with Crippen molar-refractivity contribution in [2.75, 3.05) is 31.8 Å². The van der Waals surface area contributed by atoms with Gasteiger partial charge in [-0.25, -0.2) is 14.6 Å². The van der Waals surface area contributed by atoms with Crippen molar-refractivity contribution in [1.82, 2.24) is 21.0 Å². The van der Waals surface area contributed by atoms with Crippen molar-refractivity contribution in [3.63, 3.8) is 0 Å². The molecule has 2 N–H and O–H groups in total. The van der Waals surface area contributed by atoms with Gasteiger partial charge in [-0.2, -0.15) is 5.01 Å². The fraction of sp³-hybridized carbons (Fsp3) is 0.429. The maximum atomic E-state index is 12.5. The lowest BCUT2D eigenvalue weighted by molar-refractivity contribution is -0.274. The second kappa shape index (κ2) is 8.21. The molecule has 1 saturated heterocycles. The largest absolute Gasteiger partial charge is 0.573 e. The number of nitrogens with one attached hydrogen (secondary N) is 2. The molecule has 1 aliphatic heterocycles. The van der Waals surface area contributed by atoms with Crippen LogP contribution in [0.3, 0.4) is 0 Å². The van der Waals surface area contributed by atoms with Crippen LogP contribution in [-0.4, -0.2) is 55.4 Å². The van der Waals surface area contributed by atoms with E-state index in [4.69, 9.17) is 4.74 Å². The minimum atomic E-state index is -4.86. The summed E-state index contributed by atoms with van der Waals surface area (Å²) in [5, 5.41) is 5.44. The number of ether oxygens (including phenoxy) is 2. The minimum Gasteiger partial charge on any atom is -0.406 e. The van der Waals surface area contributed by atoms with Gasteiger partial charge in [0.15, 0.2) is 0 Å². The number of halogens is 3. The molecule has 4 amide bonds. The van der Waals surface area contributed by atoms with E-state index in [9.17, 15) is 22.8 Å². The van der Waals surface area contributed by atoms with Crippen LogP contribution in [-0.2, 0) is 4.74 Å². The first-order valence-electron chi connectivity index (χ1n) is 7.57. The number of alkyl halides is 3. The summed E-state index contributed by atoms with van der Waals surface area (Å²) in [5.41, 5.74) is 2.70. The van der Waals surface area contributed by atoms with Crippen LogP contribution < -0.4 is 20.6 Å². The van der Waals surface area contributed by atoms with Crippen molar-refractivity contribution in [1.29, 1.82) is 0 Å². The molecule has 0 bridgehead atoms. The monoisotopic (exact) mass is 377 g/mol. The molecule has 0 spiro atoms. The first-order valence-corrected chi connectivity index (χ1v) is 7.57. The van der Waals surface area contributed by atoms with Crippen LogP contribution in [0.25, 0.3) is 0 Å². The zero-order valence-electron chi connectivity index (χ0n) is 14.0. The smallest absolute Gasteiger partial charge is 0.406 e. The number of hydrogen-bond donors (Lipinski definition) is 2. The predicted octanol–water partition coefficient (Wildman–Crippen LogP) is 1.84. The number of carbonyl (C=O) groups is 2. The highest BCUT2D eigenvalue weighted by Crippen LogP contribution is 2.28. The quantitative estimate of drug-likeness (QED) is 0.736. The molecule has 0 atom stereocenters. The molecular formula is C14H18F3N5O4. The van der Waals surface area contributed by atoms with E-state index in [-0.39, 0.29) is 25.4 Å². The maximum Gasteiger partial charge on any atom is 0.573 e. The van der Waals surface area contributed by atoms with E-state index in [1.807, 2.05) is 0 Å². The van der Waals surface area contributed by atoms with Crippen LogP contribution in [0.2, 0.25) is 0 Å².